The summed E-state index contributed by atoms with van der Waals surface area (Å²) in [7, 11) is 0. The summed E-state index contributed by atoms with van der Waals surface area (Å²) >= 11 is 0. The number of rotatable bonds is 5. The van der Waals surface area contributed by atoms with Crippen LogP contribution in [0.5, 0.6) is 0 Å². The van der Waals surface area contributed by atoms with Gasteiger partial charge >= 0.3 is 0 Å². The number of carbonyl (C=O) groups excluding carboxylic acids is 1. The molecule has 5 nitrogen and oxygen atoms in total. The second-order valence-corrected chi connectivity index (χ2v) is 4.29. The minimum absolute atomic E-state index is 0.0424. The van der Waals surface area contributed by atoms with E-state index < -0.39 is 17.5 Å². The number of nitrogens with zero attached hydrogens (tertiary/aromatic N) is 2. The van der Waals surface area contributed by atoms with E-state index in [4.69, 9.17) is 0 Å². The van der Waals surface area contributed by atoms with Crippen LogP contribution in [0.3, 0.4) is 0 Å². The predicted octanol–water partition coefficient (Wildman–Crippen LogP) is 2.83. The summed E-state index contributed by atoms with van der Waals surface area (Å²) in [6.45, 7) is 2.76. The Bertz CT molecular complexity index is 631. The van der Waals surface area contributed by atoms with Crippen molar-refractivity contribution in [3.63, 3.8) is 0 Å². The Morgan fingerprint density at radius 1 is 1.24 bits per heavy atom. The predicted molar refractivity (Wildman–Crippen MR) is 75.1 cm³/mol. The van der Waals surface area contributed by atoms with E-state index in [-0.39, 0.29) is 11.4 Å². The number of hydrogen-bond acceptors (Lipinski definition) is 4. The van der Waals surface area contributed by atoms with Crippen LogP contribution in [0.25, 0.3) is 0 Å². The summed E-state index contributed by atoms with van der Waals surface area (Å²) in [5.41, 5.74) is -0.0721. The summed E-state index contributed by atoms with van der Waals surface area (Å²) in [6.07, 6.45) is 3.65. The Morgan fingerprint density at radius 2 is 2.05 bits per heavy atom. The standard InChI is InChI=1S/C14H14F2N4O/c1-2-5-17-13-8-18-12(7-19-13)14(21)20-11-4-3-9(15)6-10(11)16/h3-4,6-8H,2,5H2,1H3,(H,17,19)(H,20,21). The molecule has 0 radical (unpaired) electrons. The van der Waals surface area contributed by atoms with Gasteiger partial charge in [-0.2, -0.15) is 0 Å². The first-order valence-electron chi connectivity index (χ1n) is 6.42. The van der Waals surface area contributed by atoms with E-state index in [1.54, 1.807) is 0 Å². The summed E-state index contributed by atoms with van der Waals surface area (Å²) < 4.78 is 26.2. The molecule has 0 unspecified atom stereocenters. The van der Waals surface area contributed by atoms with Gasteiger partial charge in [-0.25, -0.2) is 18.7 Å². The normalized spacial score (nSPS) is 10.2. The molecule has 2 aromatic rings. The van der Waals surface area contributed by atoms with Crippen molar-refractivity contribution < 1.29 is 13.6 Å². The number of anilines is 2. The summed E-state index contributed by atoms with van der Waals surface area (Å²) in [6, 6.07) is 2.90. The third kappa shape index (κ3) is 3.95. The molecule has 1 heterocycles. The van der Waals surface area contributed by atoms with Crippen molar-refractivity contribution in [2.24, 2.45) is 0 Å². The van der Waals surface area contributed by atoms with E-state index >= 15 is 0 Å². The first-order valence-corrected chi connectivity index (χ1v) is 6.42. The fraction of sp³-hybridized carbons (Fsp3) is 0.214. The second kappa shape index (κ2) is 6.74. The zero-order valence-electron chi connectivity index (χ0n) is 11.4. The number of amides is 1. The molecule has 0 spiro atoms. The van der Waals surface area contributed by atoms with E-state index in [1.165, 1.54) is 12.4 Å². The van der Waals surface area contributed by atoms with Gasteiger partial charge in [0.2, 0.25) is 0 Å². The third-order valence-corrected chi connectivity index (χ3v) is 2.62. The van der Waals surface area contributed by atoms with Crippen molar-refractivity contribution >= 4 is 17.4 Å². The van der Waals surface area contributed by atoms with Crippen LogP contribution in [-0.4, -0.2) is 22.4 Å². The van der Waals surface area contributed by atoms with Crippen molar-refractivity contribution in [3.8, 4) is 0 Å². The molecule has 2 rings (SSSR count). The fourth-order valence-electron chi connectivity index (χ4n) is 1.57. The summed E-state index contributed by atoms with van der Waals surface area (Å²) in [5, 5.41) is 5.33. The maximum Gasteiger partial charge on any atom is 0.275 e. The molecule has 0 aliphatic rings. The molecule has 0 aliphatic heterocycles. The minimum atomic E-state index is -0.849. The molecule has 0 fully saturated rings. The molecular formula is C14H14F2N4O. The highest BCUT2D eigenvalue weighted by molar-refractivity contribution is 6.02. The van der Waals surface area contributed by atoms with Gasteiger partial charge in [0, 0.05) is 12.6 Å². The van der Waals surface area contributed by atoms with Crippen molar-refractivity contribution in [1.29, 1.82) is 0 Å². The highest BCUT2D eigenvalue weighted by Gasteiger charge is 2.11. The van der Waals surface area contributed by atoms with Gasteiger partial charge in [-0.1, -0.05) is 6.92 Å². The van der Waals surface area contributed by atoms with Gasteiger partial charge in [-0.05, 0) is 18.6 Å². The lowest BCUT2D eigenvalue weighted by atomic mass is 10.3. The van der Waals surface area contributed by atoms with Gasteiger partial charge in [-0.3, -0.25) is 4.79 Å². The van der Waals surface area contributed by atoms with Crippen LogP contribution in [0.2, 0.25) is 0 Å². The van der Waals surface area contributed by atoms with Crippen LogP contribution in [-0.2, 0) is 0 Å². The smallest absolute Gasteiger partial charge is 0.275 e. The SMILES string of the molecule is CCCNc1cnc(C(=O)Nc2ccc(F)cc2F)cn1. The van der Waals surface area contributed by atoms with Crippen LogP contribution in [0.4, 0.5) is 20.3 Å². The van der Waals surface area contributed by atoms with Crippen LogP contribution in [0.1, 0.15) is 23.8 Å². The molecule has 1 amide bonds. The van der Waals surface area contributed by atoms with Crippen molar-refractivity contribution in [1.82, 2.24) is 9.97 Å². The molecule has 0 aliphatic carbocycles. The maximum absolute atomic E-state index is 13.4. The highest BCUT2D eigenvalue weighted by Crippen LogP contribution is 2.15. The fourth-order valence-corrected chi connectivity index (χ4v) is 1.57. The molecule has 0 saturated carbocycles. The molecule has 21 heavy (non-hydrogen) atoms. The maximum atomic E-state index is 13.4. The van der Waals surface area contributed by atoms with Gasteiger partial charge < -0.3 is 10.6 Å². The highest BCUT2D eigenvalue weighted by atomic mass is 19.1. The number of nitrogens with one attached hydrogen (secondary N) is 2. The number of halogens is 2. The van der Waals surface area contributed by atoms with E-state index in [1.807, 2.05) is 6.92 Å². The largest absolute Gasteiger partial charge is 0.369 e. The van der Waals surface area contributed by atoms with Crippen LogP contribution >= 0.6 is 0 Å². The Balaban J connectivity index is 2.06. The van der Waals surface area contributed by atoms with Crippen molar-refractivity contribution in [2.45, 2.75) is 13.3 Å². The second-order valence-electron chi connectivity index (χ2n) is 4.29. The van der Waals surface area contributed by atoms with E-state index in [2.05, 4.69) is 20.6 Å². The molecule has 0 saturated heterocycles. The first kappa shape index (κ1) is 14.8. The van der Waals surface area contributed by atoms with Gasteiger partial charge in [-0.15, -0.1) is 0 Å². The zero-order chi connectivity index (χ0) is 15.2. The third-order valence-electron chi connectivity index (χ3n) is 2.62. The topological polar surface area (TPSA) is 66.9 Å². The van der Waals surface area contributed by atoms with E-state index in [0.29, 0.717) is 11.9 Å². The molecular weight excluding hydrogens is 278 g/mol. The average molecular weight is 292 g/mol. The van der Waals surface area contributed by atoms with Crippen molar-refractivity contribution in [3.05, 3.63) is 47.9 Å². The lowest BCUT2D eigenvalue weighted by molar-refractivity contribution is 0.102. The Kier molecular flexibility index (Phi) is 4.76. The molecule has 0 bridgehead atoms. The van der Waals surface area contributed by atoms with Crippen LogP contribution in [0.15, 0.2) is 30.6 Å². The van der Waals surface area contributed by atoms with Crippen LogP contribution < -0.4 is 10.6 Å². The summed E-state index contributed by atoms with van der Waals surface area (Å²) in [4.78, 5) is 19.9. The van der Waals surface area contributed by atoms with E-state index in [0.717, 1.165) is 25.1 Å². The Labute approximate surface area is 120 Å². The molecule has 2 N–H and O–H groups in total. The molecule has 0 atom stereocenters. The van der Waals surface area contributed by atoms with Gasteiger partial charge in [0.05, 0.1) is 18.1 Å². The quantitative estimate of drug-likeness (QED) is 0.889. The zero-order valence-corrected chi connectivity index (χ0v) is 11.4. The first-order chi connectivity index (χ1) is 10.1. The molecule has 7 heteroatoms. The molecule has 110 valence electrons. The van der Waals surface area contributed by atoms with Gasteiger partial charge in [0.15, 0.2) is 0 Å². The number of carbonyl (C=O) groups is 1. The minimum Gasteiger partial charge on any atom is -0.369 e. The lowest BCUT2D eigenvalue weighted by Gasteiger charge is -2.07. The number of benzene rings is 1. The monoisotopic (exact) mass is 292 g/mol. The Hall–Kier alpha value is -2.57. The number of aromatic nitrogens is 2. The number of hydrogen-bond donors (Lipinski definition) is 2. The molecule has 1 aromatic carbocycles. The van der Waals surface area contributed by atoms with Crippen LogP contribution in [0, 0.1) is 11.6 Å². The Morgan fingerprint density at radius 3 is 2.67 bits per heavy atom. The van der Waals surface area contributed by atoms with E-state index in [9.17, 15) is 13.6 Å². The summed E-state index contributed by atoms with van der Waals surface area (Å²) in [5.74, 6) is -1.62. The van der Waals surface area contributed by atoms with Crippen molar-refractivity contribution in [2.75, 3.05) is 17.2 Å². The van der Waals surface area contributed by atoms with Gasteiger partial charge in [0.25, 0.3) is 5.91 Å². The average Bonchev–Trinajstić information content (AvgIpc) is 2.48. The lowest BCUT2D eigenvalue weighted by Crippen LogP contribution is -2.15. The molecule has 1 aromatic heterocycles. The van der Waals surface area contributed by atoms with Gasteiger partial charge in [0.1, 0.15) is 23.1 Å².